The maximum Gasteiger partial charge on any atom is 0.161 e. The summed E-state index contributed by atoms with van der Waals surface area (Å²) in [5.74, 6) is 0.424. The predicted molar refractivity (Wildman–Crippen MR) is 256 cm³/mol. The van der Waals surface area contributed by atoms with Crippen molar-refractivity contribution in [3.8, 4) is 57.0 Å². The minimum absolute atomic E-state index is 0.424. The molecule has 0 fully saturated rings. The van der Waals surface area contributed by atoms with Gasteiger partial charge in [0.1, 0.15) is 0 Å². The summed E-state index contributed by atoms with van der Waals surface area (Å²) in [5, 5.41) is 35.9. The Bertz CT molecular complexity index is 3890. The van der Waals surface area contributed by atoms with Crippen LogP contribution < -0.4 is 0 Å². The molecule has 284 valence electrons. The summed E-state index contributed by atoms with van der Waals surface area (Å²) in [6.07, 6.45) is 0. The molecule has 62 heavy (non-hydrogen) atoms. The molecule has 0 aliphatic heterocycles. The Morgan fingerprint density at radius 2 is 0.677 bits per heavy atom. The highest BCUT2D eigenvalue weighted by Crippen LogP contribution is 2.44. The summed E-state index contributed by atoms with van der Waals surface area (Å²) in [4.78, 5) is 10.6. The van der Waals surface area contributed by atoms with Crippen LogP contribution in [0.5, 0.6) is 0 Å². The van der Waals surface area contributed by atoms with E-state index in [0.29, 0.717) is 33.8 Å². The van der Waals surface area contributed by atoms with Crippen LogP contribution in [0.15, 0.2) is 194 Å². The molecule has 0 amide bonds. The highest BCUT2D eigenvalue weighted by atomic mass is 14.9. The average Bonchev–Trinajstić information content (AvgIpc) is 3.35. The van der Waals surface area contributed by atoms with Gasteiger partial charge in [0.05, 0.1) is 34.5 Å². The van der Waals surface area contributed by atoms with Crippen molar-refractivity contribution < 1.29 is 0 Å². The van der Waals surface area contributed by atoms with E-state index in [9.17, 15) is 10.5 Å². The molecule has 4 nitrogen and oxygen atoms in total. The summed E-state index contributed by atoms with van der Waals surface area (Å²) >= 11 is 0. The summed E-state index contributed by atoms with van der Waals surface area (Å²) < 4.78 is 0. The zero-order valence-corrected chi connectivity index (χ0v) is 33.3. The fourth-order valence-corrected chi connectivity index (χ4v) is 9.67. The van der Waals surface area contributed by atoms with Gasteiger partial charge in [0.2, 0.25) is 0 Å². The van der Waals surface area contributed by atoms with Crippen LogP contribution in [0.4, 0.5) is 0 Å². The van der Waals surface area contributed by atoms with Crippen LogP contribution in [0.3, 0.4) is 0 Å². The third-order valence-electron chi connectivity index (χ3n) is 12.5. The summed E-state index contributed by atoms with van der Waals surface area (Å²) in [5.41, 5.74) is 7.66. The van der Waals surface area contributed by atoms with E-state index in [1.165, 1.54) is 59.2 Å². The minimum Gasteiger partial charge on any atom is -0.227 e. The summed E-state index contributed by atoms with van der Waals surface area (Å²) in [6, 6.07) is 72.3. The van der Waals surface area contributed by atoms with Crippen molar-refractivity contribution in [2.24, 2.45) is 0 Å². The van der Waals surface area contributed by atoms with Crippen LogP contribution in [0, 0.1) is 22.7 Å². The number of hydrogen-bond acceptors (Lipinski definition) is 4. The number of nitriles is 2. The van der Waals surface area contributed by atoms with E-state index in [2.05, 4.69) is 158 Å². The molecule has 1 heterocycles. The normalized spacial score (nSPS) is 11.5. The highest BCUT2D eigenvalue weighted by Gasteiger charge is 2.21. The number of rotatable bonds is 4. The van der Waals surface area contributed by atoms with Crippen LogP contribution in [0.1, 0.15) is 11.1 Å². The highest BCUT2D eigenvalue weighted by molar-refractivity contribution is 6.27. The quantitative estimate of drug-likeness (QED) is 0.167. The third kappa shape index (κ3) is 5.38. The number of hydrogen-bond donors (Lipinski definition) is 0. The smallest absolute Gasteiger partial charge is 0.161 e. The molecule has 4 heteroatoms. The van der Waals surface area contributed by atoms with Crippen molar-refractivity contribution >= 4 is 75.5 Å². The molecule has 0 bridgehead atoms. The maximum atomic E-state index is 10.5. The Kier molecular flexibility index (Phi) is 7.94. The van der Waals surface area contributed by atoms with Crippen LogP contribution in [-0.4, -0.2) is 9.97 Å². The molecule has 1 aromatic heterocycles. The summed E-state index contributed by atoms with van der Waals surface area (Å²) in [6.45, 7) is 0. The Morgan fingerprint density at radius 3 is 1.19 bits per heavy atom. The first kappa shape index (κ1) is 35.3. The fourth-order valence-electron chi connectivity index (χ4n) is 9.67. The molecule has 0 spiro atoms. The first-order valence-electron chi connectivity index (χ1n) is 20.7. The maximum absolute atomic E-state index is 10.5. The molecule has 0 aliphatic rings. The molecule has 0 aliphatic carbocycles. The molecule has 0 unspecified atom stereocenters. The first-order valence-corrected chi connectivity index (χ1v) is 20.7. The topological polar surface area (TPSA) is 73.4 Å². The van der Waals surface area contributed by atoms with Crippen molar-refractivity contribution in [1.29, 1.82) is 10.5 Å². The monoisotopic (exact) mass is 784 g/mol. The Balaban J connectivity index is 1.22. The van der Waals surface area contributed by atoms with Crippen molar-refractivity contribution in [1.82, 2.24) is 9.97 Å². The molecular formula is C58H32N4. The van der Waals surface area contributed by atoms with Crippen molar-refractivity contribution in [2.75, 3.05) is 0 Å². The van der Waals surface area contributed by atoms with Gasteiger partial charge in [0, 0.05) is 22.1 Å². The predicted octanol–water partition coefficient (Wildman–Crippen LogP) is 15.0. The van der Waals surface area contributed by atoms with E-state index in [4.69, 9.17) is 9.97 Å². The molecule has 0 atom stereocenters. The van der Waals surface area contributed by atoms with Crippen LogP contribution in [0.25, 0.3) is 120 Å². The molecule has 0 saturated carbocycles. The van der Waals surface area contributed by atoms with Gasteiger partial charge in [0.15, 0.2) is 5.82 Å². The molecule has 0 N–H and O–H groups in total. The minimum atomic E-state index is 0.424. The van der Waals surface area contributed by atoms with E-state index >= 15 is 0 Å². The number of fused-ring (bicyclic) bond motifs is 13. The Morgan fingerprint density at radius 1 is 0.290 bits per heavy atom. The van der Waals surface area contributed by atoms with Crippen LogP contribution in [-0.2, 0) is 0 Å². The molecule has 12 rings (SSSR count). The van der Waals surface area contributed by atoms with E-state index in [-0.39, 0.29) is 0 Å². The van der Waals surface area contributed by atoms with Gasteiger partial charge in [-0.25, -0.2) is 9.97 Å². The molecule has 0 saturated heterocycles. The average molecular weight is 785 g/mol. The van der Waals surface area contributed by atoms with E-state index < -0.39 is 0 Å². The second-order valence-electron chi connectivity index (χ2n) is 15.8. The standard InChI is InChI=1S/C58H32N4/c59-33-37-13-1-3-15-40(37)56-55-32-39(35-25-27-50-46-21-7-5-17-42(46)44-19-9-11-23-48(44)53(50)29-35)31-52(57(55)62-58(61-56)41-16-4-2-14-38(41)34-60)36-26-28-51-47-22-8-6-18-43(47)45-20-10-12-24-49(45)54(51)30-36/h1-32H. The SMILES string of the molecule is N#Cc1ccccc1-c1nc(-c2ccccc2C#N)c2cc(-c3ccc4c5ccccc5c5ccccc5c4c3)cc(-c3ccc4c5ccccc5c5ccccc5c4c3)c2n1. The van der Waals surface area contributed by atoms with E-state index in [1.807, 2.05) is 42.5 Å². The van der Waals surface area contributed by atoms with E-state index in [1.54, 1.807) is 6.07 Å². The second-order valence-corrected chi connectivity index (χ2v) is 15.8. The van der Waals surface area contributed by atoms with Gasteiger partial charge >= 0.3 is 0 Å². The first-order chi connectivity index (χ1) is 30.7. The van der Waals surface area contributed by atoms with Gasteiger partial charge in [0.25, 0.3) is 0 Å². The zero-order valence-electron chi connectivity index (χ0n) is 33.3. The lowest BCUT2D eigenvalue weighted by atomic mass is 9.88. The van der Waals surface area contributed by atoms with E-state index in [0.717, 1.165) is 38.5 Å². The largest absolute Gasteiger partial charge is 0.227 e. The summed E-state index contributed by atoms with van der Waals surface area (Å²) in [7, 11) is 0. The van der Waals surface area contributed by atoms with Crippen LogP contribution in [0.2, 0.25) is 0 Å². The molecule has 11 aromatic carbocycles. The second kappa shape index (κ2) is 14.0. The van der Waals surface area contributed by atoms with Gasteiger partial charge in [-0.1, -0.05) is 152 Å². The number of aromatic nitrogens is 2. The Hall–Kier alpha value is -8.70. The van der Waals surface area contributed by atoms with Gasteiger partial charge in [-0.05, 0) is 124 Å². The van der Waals surface area contributed by atoms with Crippen molar-refractivity contribution in [2.45, 2.75) is 0 Å². The van der Waals surface area contributed by atoms with Crippen LogP contribution >= 0.6 is 0 Å². The number of benzene rings is 11. The molecule has 0 radical (unpaired) electrons. The molecular weight excluding hydrogens is 753 g/mol. The lowest BCUT2D eigenvalue weighted by Gasteiger charge is -2.18. The van der Waals surface area contributed by atoms with Crippen molar-refractivity contribution in [3.05, 3.63) is 205 Å². The Labute approximate surface area is 356 Å². The lowest BCUT2D eigenvalue weighted by Crippen LogP contribution is -2.00. The van der Waals surface area contributed by atoms with Gasteiger partial charge in [-0.3, -0.25) is 0 Å². The van der Waals surface area contributed by atoms with Gasteiger partial charge in [-0.15, -0.1) is 0 Å². The van der Waals surface area contributed by atoms with Gasteiger partial charge < -0.3 is 0 Å². The fraction of sp³-hybridized carbons (Fsp3) is 0. The molecule has 12 aromatic rings. The number of nitrogens with zero attached hydrogens (tertiary/aromatic N) is 4. The van der Waals surface area contributed by atoms with Gasteiger partial charge in [-0.2, -0.15) is 10.5 Å². The zero-order chi connectivity index (χ0) is 41.3. The van der Waals surface area contributed by atoms with Crippen molar-refractivity contribution in [3.63, 3.8) is 0 Å². The lowest BCUT2D eigenvalue weighted by molar-refractivity contribution is 1.22. The third-order valence-corrected chi connectivity index (χ3v) is 12.5.